The molecule has 0 atom stereocenters. The molecular formula is C17H19N3O3. The summed E-state index contributed by atoms with van der Waals surface area (Å²) in [6.45, 7) is 0.738. The molecular weight excluding hydrogens is 294 g/mol. The van der Waals surface area contributed by atoms with Gasteiger partial charge in [-0.25, -0.2) is 4.98 Å². The summed E-state index contributed by atoms with van der Waals surface area (Å²) in [6.07, 6.45) is 1.60. The summed E-state index contributed by atoms with van der Waals surface area (Å²) in [6, 6.07) is 9.33. The Morgan fingerprint density at radius 3 is 2.61 bits per heavy atom. The molecule has 2 heterocycles. The van der Waals surface area contributed by atoms with E-state index in [1.54, 1.807) is 24.2 Å². The Bertz CT molecular complexity index is 714. The van der Waals surface area contributed by atoms with Gasteiger partial charge in [0.2, 0.25) is 6.79 Å². The smallest absolute Gasteiger partial charge is 0.255 e. The first-order chi connectivity index (χ1) is 11.0. The van der Waals surface area contributed by atoms with Crippen LogP contribution in [-0.2, 0) is 6.54 Å². The maximum Gasteiger partial charge on any atom is 0.255 e. The predicted molar refractivity (Wildman–Crippen MR) is 86.9 cm³/mol. The maximum absolute atomic E-state index is 12.5. The number of fused-ring (bicyclic) bond motifs is 1. The lowest BCUT2D eigenvalue weighted by atomic mass is 10.1. The molecule has 1 aliphatic rings. The minimum absolute atomic E-state index is 0.0690. The van der Waals surface area contributed by atoms with E-state index in [1.807, 2.05) is 43.3 Å². The molecule has 0 saturated heterocycles. The van der Waals surface area contributed by atoms with E-state index in [2.05, 4.69) is 4.98 Å². The summed E-state index contributed by atoms with van der Waals surface area (Å²) in [7, 11) is 5.60. The highest BCUT2D eigenvalue weighted by Crippen LogP contribution is 2.32. The molecule has 3 rings (SSSR count). The molecule has 0 saturated carbocycles. The molecule has 0 fully saturated rings. The number of benzene rings is 1. The van der Waals surface area contributed by atoms with Crippen molar-refractivity contribution in [3.05, 3.63) is 47.7 Å². The first kappa shape index (κ1) is 15.1. The minimum Gasteiger partial charge on any atom is -0.454 e. The molecule has 2 aromatic rings. The molecule has 0 spiro atoms. The van der Waals surface area contributed by atoms with Gasteiger partial charge < -0.3 is 19.3 Å². The quantitative estimate of drug-likeness (QED) is 0.865. The lowest BCUT2D eigenvalue weighted by Crippen LogP contribution is -2.26. The fraction of sp³-hybridized carbons (Fsp3) is 0.294. The van der Waals surface area contributed by atoms with E-state index in [-0.39, 0.29) is 12.7 Å². The number of amides is 1. The molecule has 1 amide bonds. The van der Waals surface area contributed by atoms with Crippen LogP contribution in [0, 0.1) is 0 Å². The van der Waals surface area contributed by atoms with Crippen LogP contribution >= 0.6 is 0 Å². The van der Waals surface area contributed by atoms with Crippen LogP contribution in [0.2, 0.25) is 0 Å². The second-order valence-electron chi connectivity index (χ2n) is 5.65. The van der Waals surface area contributed by atoms with Gasteiger partial charge in [0, 0.05) is 33.9 Å². The summed E-state index contributed by atoms with van der Waals surface area (Å²) in [5, 5.41) is 0. The highest BCUT2D eigenvalue weighted by molar-refractivity contribution is 5.93. The van der Waals surface area contributed by atoms with E-state index in [9.17, 15) is 4.79 Å². The van der Waals surface area contributed by atoms with Crippen molar-refractivity contribution in [1.29, 1.82) is 0 Å². The van der Waals surface area contributed by atoms with E-state index in [0.29, 0.717) is 12.1 Å². The number of rotatable bonds is 4. The van der Waals surface area contributed by atoms with Crippen LogP contribution in [0.4, 0.5) is 5.82 Å². The summed E-state index contributed by atoms with van der Waals surface area (Å²) < 4.78 is 10.7. The lowest BCUT2D eigenvalue weighted by molar-refractivity contribution is 0.0784. The molecule has 1 aliphatic heterocycles. The van der Waals surface area contributed by atoms with Gasteiger partial charge in [0.05, 0.1) is 5.56 Å². The summed E-state index contributed by atoms with van der Waals surface area (Å²) >= 11 is 0. The molecule has 1 aromatic heterocycles. The number of carbonyl (C=O) groups excluding carboxylic acids is 1. The Hall–Kier alpha value is -2.76. The number of carbonyl (C=O) groups is 1. The van der Waals surface area contributed by atoms with Crippen molar-refractivity contribution in [2.45, 2.75) is 6.54 Å². The normalized spacial score (nSPS) is 12.1. The highest BCUT2D eigenvalue weighted by atomic mass is 16.7. The minimum atomic E-state index is -0.0690. The lowest BCUT2D eigenvalue weighted by Gasteiger charge is -2.18. The summed E-state index contributed by atoms with van der Waals surface area (Å²) in [5.74, 6) is 2.21. The monoisotopic (exact) mass is 313 g/mol. The zero-order valence-corrected chi connectivity index (χ0v) is 13.4. The second-order valence-corrected chi connectivity index (χ2v) is 5.65. The number of anilines is 1. The zero-order valence-electron chi connectivity index (χ0n) is 13.4. The fourth-order valence-corrected chi connectivity index (χ4v) is 2.38. The van der Waals surface area contributed by atoms with Gasteiger partial charge in [-0.15, -0.1) is 0 Å². The van der Waals surface area contributed by atoms with E-state index >= 15 is 0 Å². The molecule has 1 aromatic carbocycles. The van der Waals surface area contributed by atoms with Crippen LogP contribution in [0.5, 0.6) is 11.5 Å². The van der Waals surface area contributed by atoms with Crippen molar-refractivity contribution >= 4 is 11.7 Å². The topological polar surface area (TPSA) is 54.9 Å². The molecule has 120 valence electrons. The number of hydrogen-bond acceptors (Lipinski definition) is 5. The SMILES string of the molecule is CN(Cc1ccc2c(c1)OCO2)C(=O)c1ccc(N(C)C)nc1. The zero-order chi connectivity index (χ0) is 16.4. The van der Waals surface area contributed by atoms with Crippen LogP contribution in [0.15, 0.2) is 36.5 Å². The number of aromatic nitrogens is 1. The Morgan fingerprint density at radius 2 is 1.91 bits per heavy atom. The van der Waals surface area contributed by atoms with Crippen LogP contribution in [-0.4, -0.2) is 43.7 Å². The number of nitrogens with zero attached hydrogens (tertiary/aromatic N) is 3. The molecule has 6 heteroatoms. The Morgan fingerprint density at radius 1 is 1.13 bits per heavy atom. The number of ether oxygens (including phenoxy) is 2. The molecule has 0 bridgehead atoms. The maximum atomic E-state index is 12.5. The number of hydrogen-bond donors (Lipinski definition) is 0. The van der Waals surface area contributed by atoms with Crippen molar-refractivity contribution in [3.63, 3.8) is 0 Å². The third-order valence-corrected chi connectivity index (χ3v) is 3.66. The van der Waals surface area contributed by atoms with Gasteiger partial charge in [0.1, 0.15) is 5.82 Å². The third-order valence-electron chi connectivity index (χ3n) is 3.66. The van der Waals surface area contributed by atoms with Gasteiger partial charge in [-0.05, 0) is 29.8 Å². The van der Waals surface area contributed by atoms with Crippen molar-refractivity contribution in [1.82, 2.24) is 9.88 Å². The third kappa shape index (κ3) is 3.21. The second kappa shape index (κ2) is 6.16. The van der Waals surface area contributed by atoms with Crippen LogP contribution in [0.25, 0.3) is 0 Å². The fourth-order valence-electron chi connectivity index (χ4n) is 2.38. The van der Waals surface area contributed by atoms with Crippen molar-refractivity contribution in [2.24, 2.45) is 0 Å². The summed E-state index contributed by atoms with van der Waals surface area (Å²) in [5.41, 5.74) is 1.56. The standard InChI is InChI=1S/C17H19N3O3/c1-19(2)16-7-5-13(9-18-16)17(21)20(3)10-12-4-6-14-15(8-12)23-11-22-14/h4-9H,10-11H2,1-3H3. The van der Waals surface area contributed by atoms with Gasteiger partial charge in [-0.2, -0.15) is 0 Å². The van der Waals surface area contributed by atoms with E-state index in [1.165, 1.54) is 0 Å². The van der Waals surface area contributed by atoms with Gasteiger partial charge in [-0.3, -0.25) is 4.79 Å². The first-order valence-electron chi connectivity index (χ1n) is 7.32. The number of pyridine rings is 1. The highest BCUT2D eigenvalue weighted by Gasteiger charge is 2.16. The molecule has 0 N–H and O–H groups in total. The van der Waals surface area contributed by atoms with Gasteiger partial charge in [0.25, 0.3) is 5.91 Å². The predicted octanol–water partition coefficient (Wildman–Crippen LogP) is 2.15. The van der Waals surface area contributed by atoms with E-state index in [0.717, 1.165) is 22.9 Å². The van der Waals surface area contributed by atoms with Crippen molar-refractivity contribution in [2.75, 3.05) is 32.8 Å². The van der Waals surface area contributed by atoms with Crippen molar-refractivity contribution in [3.8, 4) is 11.5 Å². The summed E-state index contributed by atoms with van der Waals surface area (Å²) in [4.78, 5) is 20.3. The molecule has 6 nitrogen and oxygen atoms in total. The van der Waals surface area contributed by atoms with E-state index < -0.39 is 0 Å². The van der Waals surface area contributed by atoms with Crippen LogP contribution in [0.3, 0.4) is 0 Å². The largest absolute Gasteiger partial charge is 0.454 e. The first-order valence-corrected chi connectivity index (χ1v) is 7.32. The van der Waals surface area contributed by atoms with Crippen molar-refractivity contribution < 1.29 is 14.3 Å². The Balaban J connectivity index is 1.69. The van der Waals surface area contributed by atoms with Gasteiger partial charge in [-0.1, -0.05) is 6.07 Å². The molecule has 0 radical (unpaired) electrons. The van der Waals surface area contributed by atoms with Crippen LogP contribution in [0.1, 0.15) is 15.9 Å². The Labute approximate surface area is 135 Å². The van der Waals surface area contributed by atoms with Gasteiger partial charge >= 0.3 is 0 Å². The molecule has 0 aliphatic carbocycles. The average molecular weight is 313 g/mol. The molecule has 0 unspecified atom stereocenters. The Kier molecular flexibility index (Phi) is 4.06. The molecule has 23 heavy (non-hydrogen) atoms. The van der Waals surface area contributed by atoms with Crippen LogP contribution < -0.4 is 14.4 Å². The van der Waals surface area contributed by atoms with E-state index in [4.69, 9.17) is 9.47 Å². The average Bonchev–Trinajstić information content (AvgIpc) is 3.01. The van der Waals surface area contributed by atoms with Gasteiger partial charge in [0.15, 0.2) is 11.5 Å².